The van der Waals surface area contributed by atoms with Gasteiger partial charge in [-0.25, -0.2) is 0 Å². The smallest absolute Gasteiger partial charge is 0.0613 e. The molecular weight excluding hydrogens is 269 g/mol. The van der Waals surface area contributed by atoms with Crippen LogP contribution in [-0.2, 0) is 6.54 Å². The van der Waals surface area contributed by atoms with Crippen LogP contribution in [-0.4, -0.2) is 17.3 Å². The minimum Gasteiger partial charge on any atom is -0.394 e. The topological polar surface area (TPSA) is 32.3 Å². The summed E-state index contributed by atoms with van der Waals surface area (Å²) in [6.07, 6.45) is 5.71. The summed E-state index contributed by atoms with van der Waals surface area (Å²) in [6.45, 7) is 0.870. The van der Waals surface area contributed by atoms with E-state index in [1.165, 1.54) is 19.3 Å². The molecule has 0 aliphatic heterocycles. The highest BCUT2D eigenvalue weighted by molar-refractivity contribution is 6.35. The molecule has 0 radical (unpaired) electrons. The van der Waals surface area contributed by atoms with Crippen molar-refractivity contribution in [2.45, 2.75) is 44.2 Å². The Bertz CT molecular complexity index is 403. The molecule has 0 heterocycles. The van der Waals surface area contributed by atoms with Crippen molar-refractivity contribution in [3.8, 4) is 0 Å². The van der Waals surface area contributed by atoms with Gasteiger partial charge in [-0.15, -0.1) is 0 Å². The molecule has 2 N–H and O–H groups in total. The minimum atomic E-state index is -0.124. The summed E-state index contributed by atoms with van der Waals surface area (Å²) in [5.41, 5.74) is 0.903. The van der Waals surface area contributed by atoms with Crippen LogP contribution in [0, 0.1) is 0 Å². The van der Waals surface area contributed by atoms with Crippen LogP contribution in [0.2, 0.25) is 10.0 Å². The molecule has 1 aliphatic rings. The van der Waals surface area contributed by atoms with Gasteiger partial charge in [0.25, 0.3) is 0 Å². The molecule has 0 unspecified atom stereocenters. The molecule has 0 saturated heterocycles. The van der Waals surface area contributed by atoms with Gasteiger partial charge < -0.3 is 10.4 Å². The van der Waals surface area contributed by atoms with E-state index >= 15 is 0 Å². The normalized spacial score (nSPS) is 18.8. The quantitative estimate of drug-likeness (QED) is 0.883. The van der Waals surface area contributed by atoms with E-state index in [0.29, 0.717) is 16.6 Å². The summed E-state index contributed by atoms with van der Waals surface area (Å²) in [5.74, 6) is 0. The molecule has 0 bridgehead atoms. The van der Waals surface area contributed by atoms with E-state index < -0.39 is 0 Å². The van der Waals surface area contributed by atoms with Crippen molar-refractivity contribution in [2.24, 2.45) is 0 Å². The Morgan fingerprint density at radius 3 is 2.50 bits per heavy atom. The molecule has 1 aromatic carbocycles. The third-order valence-corrected chi connectivity index (χ3v) is 4.37. The lowest BCUT2D eigenvalue weighted by Gasteiger charge is -2.36. The van der Waals surface area contributed by atoms with E-state index in [1.807, 2.05) is 12.1 Å². The highest BCUT2D eigenvalue weighted by Gasteiger charge is 2.30. The lowest BCUT2D eigenvalue weighted by molar-refractivity contribution is 0.119. The van der Waals surface area contributed by atoms with Crippen molar-refractivity contribution in [3.05, 3.63) is 33.8 Å². The van der Waals surface area contributed by atoms with Gasteiger partial charge in [0.05, 0.1) is 6.61 Å². The molecule has 2 rings (SSSR count). The molecule has 1 fully saturated rings. The summed E-state index contributed by atoms with van der Waals surface area (Å²) < 4.78 is 0. The monoisotopic (exact) mass is 287 g/mol. The van der Waals surface area contributed by atoms with Gasteiger partial charge >= 0.3 is 0 Å². The number of nitrogens with one attached hydrogen (secondary N) is 1. The van der Waals surface area contributed by atoms with Crippen molar-refractivity contribution in [1.82, 2.24) is 5.32 Å². The van der Waals surface area contributed by atoms with E-state index in [1.54, 1.807) is 6.07 Å². The van der Waals surface area contributed by atoms with Gasteiger partial charge in [-0.3, -0.25) is 0 Å². The van der Waals surface area contributed by atoms with E-state index in [9.17, 15) is 5.11 Å². The lowest BCUT2D eigenvalue weighted by Crippen LogP contribution is -2.49. The number of halogens is 2. The van der Waals surface area contributed by atoms with Gasteiger partial charge in [0.2, 0.25) is 0 Å². The molecular formula is C14H19Cl2NO. The van der Waals surface area contributed by atoms with Crippen LogP contribution in [0.1, 0.15) is 37.7 Å². The fourth-order valence-corrected chi connectivity index (χ4v) is 3.04. The number of hydrogen-bond acceptors (Lipinski definition) is 2. The molecule has 1 saturated carbocycles. The standard InChI is InChI=1S/C14H19Cl2NO/c15-12-5-4-11(13(16)8-12)9-17-14(10-18)6-2-1-3-7-14/h4-5,8,17-18H,1-3,6-7,9-10H2. The number of aliphatic hydroxyl groups excluding tert-OH is 1. The Hall–Kier alpha value is -0.280. The average Bonchev–Trinajstić information content (AvgIpc) is 2.39. The first-order valence-electron chi connectivity index (χ1n) is 6.45. The van der Waals surface area contributed by atoms with Crippen LogP contribution in [0.5, 0.6) is 0 Å². The zero-order valence-corrected chi connectivity index (χ0v) is 11.9. The molecule has 18 heavy (non-hydrogen) atoms. The second-order valence-electron chi connectivity index (χ2n) is 5.09. The van der Waals surface area contributed by atoms with Gasteiger partial charge in [0, 0.05) is 22.1 Å². The number of benzene rings is 1. The highest BCUT2D eigenvalue weighted by atomic mass is 35.5. The van der Waals surface area contributed by atoms with E-state index in [0.717, 1.165) is 18.4 Å². The first kappa shape index (κ1) is 14.1. The Labute approximate surface area is 118 Å². The average molecular weight is 288 g/mol. The van der Waals surface area contributed by atoms with E-state index in [4.69, 9.17) is 23.2 Å². The third-order valence-electron chi connectivity index (χ3n) is 3.78. The maximum absolute atomic E-state index is 9.62. The maximum Gasteiger partial charge on any atom is 0.0613 e. The van der Waals surface area contributed by atoms with Crippen molar-refractivity contribution in [3.63, 3.8) is 0 Å². The third kappa shape index (κ3) is 3.39. The van der Waals surface area contributed by atoms with Gasteiger partial charge in [-0.1, -0.05) is 48.5 Å². The largest absolute Gasteiger partial charge is 0.394 e. The van der Waals surface area contributed by atoms with Crippen LogP contribution in [0.4, 0.5) is 0 Å². The lowest BCUT2D eigenvalue weighted by atomic mass is 9.82. The summed E-state index contributed by atoms with van der Waals surface area (Å²) >= 11 is 12.0. The number of rotatable bonds is 4. The van der Waals surface area contributed by atoms with Crippen LogP contribution in [0.25, 0.3) is 0 Å². The minimum absolute atomic E-state index is 0.124. The fourth-order valence-electron chi connectivity index (χ4n) is 2.57. The SMILES string of the molecule is OCC1(NCc2ccc(Cl)cc2Cl)CCCCC1. The van der Waals surface area contributed by atoms with Crippen LogP contribution < -0.4 is 5.32 Å². The molecule has 1 aliphatic carbocycles. The van der Waals surface area contributed by atoms with Gasteiger partial charge in [-0.2, -0.15) is 0 Å². The first-order chi connectivity index (χ1) is 8.65. The van der Waals surface area contributed by atoms with Gasteiger partial charge in [0.15, 0.2) is 0 Å². The molecule has 0 aromatic heterocycles. The molecule has 1 aromatic rings. The van der Waals surface area contributed by atoms with Crippen molar-refractivity contribution in [2.75, 3.05) is 6.61 Å². The fraction of sp³-hybridized carbons (Fsp3) is 0.571. The Morgan fingerprint density at radius 1 is 1.17 bits per heavy atom. The molecule has 2 nitrogen and oxygen atoms in total. The summed E-state index contributed by atoms with van der Waals surface area (Å²) in [4.78, 5) is 0. The van der Waals surface area contributed by atoms with Gasteiger partial charge in [-0.05, 0) is 30.5 Å². The van der Waals surface area contributed by atoms with Gasteiger partial charge in [0.1, 0.15) is 0 Å². The van der Waals surface area contributed by atoms with Crippen LogP contribution in [0.15, 0.2) is 18.2 Å². The number of aliphatic hydroxyl groups is 1. The Morgan fingerprint density at radius 2 is 1.89 bits per heavy atom. The highest BCUT2D eigenvalue weighted by Crippen LogP contribution is 2.29. The number of hydrogen-bond donors (Lipinski definition) is 2. The summed E-state index contributed by atoms with van der Waals surface area (Å²) in [5, 5.41) is 14.4. The zero-order chi connectivity index (χ0) is 13.0. The van der Waals surface area contributed by atoms with Crippen LogP contribution >= 0.6 is 23.2 Å². The molecule has 0 spiro atoms. The molecule has 0 atom stereocenters. The molecule has 100 valence electrons. The van der Waals surface area contributed by atoms with Crippen molar-refractivity contribution < 1.29 is 5.11 Å². The second-order valence-corrected chi connectivity index (χ2v) is 5.93. The first-order valence-corrected chi connectivity index (χ1v) is 7.21. The van der Waals surface area contributed by atoms with Crippen molar-refractivity contribution in [1.29, 1.82) is 0 Å². The second kappa shape index (κ2) is 6.25. The molecule has 0 amide bonds. The van der Waals surface area contributed by atoms with Crippen LogP contribution in [0.3, 0.4) is 0 Å². The molecule has 4 heteroatoms. The van der Waals surface area contributed by atoms with Crippen molar-refractivity contribution >= 4 is 23.2 Å². The predicted molar refractivity (Wildman–Crippen MR) is 76.2 cm³/mol. The Kier molecular flexibility index (Phi) is 4.91. The zero-order valence-electron chi connectivity index (χ0n) is 10.4. The maximum atomic E-state index is 9.62. The summed E-state index contributed by atoms with van der Waals surface area (Å²) in [7, 11) is 0. The summed E-state index contributed by atoms with van der Waals surface area (Å²) in [6, 6.07) is 5.54. The van der Waals surface area contributed by atoms with E-state index in [-0.39, 0.29) is 12.1 Å². The Balaban J connectivity index is 2.01. The van der Waals surface area contributed by atoms with E-state index in [2.05, 4.69) is 5.32 Å². The predicted octanol–water partition coefficient (Wildman–Crippen LogP) is 3.78.